The number of halogens is 2. The van der Waals surface area contributed by atoms with E-state index in [1.807, 2.05) is 6.07 Å². The summed E-state index contributed by atoms with van der Waals surface area (Å²) in [5.74, 6) is -0.763. The molecule has 0 spiro atoms. The molecule has 0 aliphatic heterocycles. The van der Waals surface area contributed by atoms with Gasteiger partial charge in [-0.1, -0.05) is 31.9 Å². The zero-order valence-electron chi connectivity index (χ0n) is 9.50. The Bertz CT molecular complexity index is 441. The van der Waals surface area contributed by atoms with E-state index in [1.165, 1.54) is 0 Å². The molecule has 0 saturated heterocycles. The van der Waals surface area contributed by atoms with Crippen molar-refractivity contribution in [3.63, 3.8) is 0 Å². The Hall–Kier alpha value is -0.680. The number of esters is 1. The first-order chi connectivity index (χ1) is 7.90. The minimum Gasteiger partial charge on any atom is -0.463 e. The minimum atomic E-state index is -0.503. The van der Waals surface area contributed by atoms with E-state index in [-0.39, 0.29) is 18.3 Å². The van der Waals surface area contributed by atoms with Crippen molar-refractivity contribution in [2.45, 2.75) is 26.4 Å². The number of ether oxygens (including phenoxy) is 1. The van der Waals surface area contributed by atoms with Crippen LogP contribution in [0.5, 0.6) is 0 Å². The average Bonchev–Trinajstić information content (AvgIpc) is 2.20. The number of Topliss-reactive ketones (excluding diaryl/α,β-unsaturated/α-hetero) is 1. The van der Waals surface area contributed by atoms with Crippen molar-refractivity contribution in [2.24, 2.45) is 0 Å². The molecule has 92 valence electrons. The highest BCUT2D eigenvalue weighted by Crippen LogP contribution is 2.22. The molecule has 0 aliphatic rings. The maximum absolute atomic E-state index is 11.9. The highest BCUT2D eigenvalue weighted by molar-refractivity contribution is 9.11. The third kappa shape index (κ3) is 4.60. The Morgan fingerprint density at radius 3 is 2.53 bits per heavy atom. The van der Waals surface area contributed by atoms with E-state index in [4.69, 9.17) is 4.74 Å². The van der Waals surface area contributed by atoms with Crippen LogP contribution >= 0.6 is 31.9 Å². The molecule has 0 fully saturated rings. The van der Waals surface area contributed by atoms with Gasteiger partial charge < -0.3 is 4.74 Å². The first-order valence-corrected chi connectivity index (χ1v) is 6.66. The molecule has 17 heavy (non-hydrogen) atoms. The Kier molecular flexibility index (Phi) is 5.33. The van der Waals surface area contributed by atoms with Gasteiger partial charge in [-0.05, 0) is 32.0 Å². The summed E-state index contributed by atoms with van der Waals surface area (Å²) in [6, 6.07) is 5.24. The Morgan fingerprint density at radius 2 is 1.94 bits per heavy atom. The molecular weight excluding hydrogens is 352 g/mol. The van der Waals surface area contributed by atoms with Crippen LogP contribution in [0.15, 0.2) is 27.1 Å². The van der Waals surface area contributed by atoms with Crippen LogP contribution in [0, 0.1) is 0 Å². The topological polar surface area (TPSA) is 43.4 Å². The molecular formula is C12H12Br2O3. The predicted molar refractivity (Wildman–Crippen MR) is 72.0 cm³/mol. The Balaban J connectivity index is 2.76. The highest BCUT2D eigenvalue weighted by atomic mass is 79.9. The van der Waals surface area contributed by atoms with Crippen LogP contribution in [0.2, 0.25) is 0 Å². The van der Waals surface area contributed by atoms with Gasteiger partial charge in [0.25, 0.3) is 0 Å². The van der Waals surface area contributed by atoms with Crippen molar-refractivity contribution < 1.29 is 14.3 Å². The smallest absolute Gasteiger partial charge is 0.313 e. The lowest BCUT2D eigenvalue weighted by molar-refractivity contribution is -0.146. The summed E-state index contributed by atoms with van der Waals surface area (Å²) in [5, 5.41) is 0. The van der Waals surface area contributed by atoms with Crippen LogP contribution < -0.4 is 0 Å². The minimum absolute atomic E-state index is 0.207. The molecule has 0 atom stereocenters. The van der Waals surface area contributed by atoms with E-state index in [9.17, 15) is 9.59 Å². The molecule has 0 bridgehead atoms. The normalized spacial score (nSPS) is 10.4. The maximum atomic E-state index is 11.9. The van der Waals surface area contributed by atoms with Gasteiger partial charge in [-0.2, -0.15) is 0 Å². The second-order valence-electron chi connectivity index (χ2n) is 3.76. The molecule has 0 aliphatic carbocycles. The van der Waals surface area contributed by atoms with Crippen LogP contribution in [0.3, 0.4) is 0 Å². The van der Waals surface area contributed by atoms with Crippen molar-refractivity contribution in [1.82, 2.24) is 0 Å². The van der Waals surface area contributed by atoms with E-state index in [0.29, 0.717) is 10.0 Å². The lowest BCUT2D eigenvalue weighted by atomic mass is 10.1. The molecule has 0 amide bonds. The van der Waals surface area contributed by atoms with E-state index < -0.39 is 5.97 Å². The molecule has 1 rings (SSSR count). The van der Waals surface area contributed by atoms with E-state index in [2.05, 4.69) is 31.9 Å². The first kappa shape index (κ1) is 14.4. The fourth-order valence-corrected chi connectivity index (χ4v) is 2.07. The number of benzene rings is 1. The number of carbonyl (C=O) groups is 2. The molecule has 0 radical (unpaired) electrons. The first-order valence-electron chi connectivity index (χ1n) is 5.08. The van der Waals surface area contributed by atoms with Crippen molar-refractivity contribution in [3.05, 3.63) is 32.7 Å². The molecule has 1 aromatic carbocycles. The van der Waals surface area contributed by atoms with Crippen molar-refractivity contribution in [3.8, 4) is 0 Å². The standard InChI is InChI=1S/C12H12Br2O3/c1-7(2)17-12(16)6-11(15)9-5-8(13)3-4-10(9)14/h3-5,7H,6H2,1-2H3. The predicted octanol–water partition coefficient (Wildman–Crippen LogP) is 3.74. The summed E-state index contributed by atoms with van der Waals surface area (Å²) in [6.07, 6.45) is -0.450. The Labute approximate surface area is 117 Å². The van der Waals surface area contributed by atoms with Crippen LogP contribution in [0.1, 0.15) is 30.6 Å². The number of hydrogen-bond donors (Lipinski definition) is 0. The number of carbonyl (C=O) groups excluding carboxylic acids is 2. The van der Waals surface area contributed by atoms with Gasteiger partial charge in [-0.3, -0.25) is 9.59 Å². The van der Waals surface area contributed by atoms with Gasteiger partial charge in [-0.25, -0.2) is 0 Å². The number of rotatable bonds is 4. The molecule has 0 saturated carbocycles. The van der Waals surface area contributed by atoms with Gasteiger partial charge in [0.05, 0.1) is 6.10 Å². The lowest BCUT2D eigenvalue weighted by Crippen LogP contribution is -2.15. The number of hydrogen-bond acceptors (Lipinski definition) is 3. The molecule has 0 N–H and O–H groups in total. The van der Waals surface area contributed by atoms with Crippen LogP contribution in [0.25, 0.3) is 0 Å². The Morgan fingerprint density at radius 1 is 1.29 bits per heavy atom. The highest BCUT2D eigenvalue weighted by Gasteiger charge is 2.16. The van der Waals surface area contributed by atoms with Gasteiger partial charge in [-0.15, -0.1) is 0 Å². The van der Waals surface area contributed by atoms with Crippen molar-refractivity contribution in [1.29, 1.82) is 0 Å². The fourth-order valence-electron chi connectivity index (χ4n) is 1.24. The zero-order chi connectivity index (χ0) is 13.0. The number of ketones is 1. The summed E-state index contributed by atoms with van der Waals surface area (Å²) in [6.45, 7) is 3.49. The molecule has 0 unspecified atom stereocenters. The molecule has 0 aromatic heterocycles. The van der Waals surface area contributed by atoms with Crippen molar-refractivity contribution >= 4 is 43.6 Å². The van der Waals surface area contributed by atoms with E-state index in [1.54, 1.807) is 26.0 Å². The van der Waals surface area contributed by atoms with Crippen molar-refractivity contribution in [2.75, 3.05) is 0 Å². The van der Waals surface area contributed by atoms with Gasteiger partial charge in [0.15, 0.2) is 5.78 Å². The maximum Gasteiger partial charge on any atom is 0.313 e. The second kappa shape index (κ2) is 6.31. The summed E-state index contributed by atoms with van der Waals surface area (Å²) < 4.78 is 6.39. The average molecular weight is 364 g/mol. The quantitative estimate of drug-likeness (QED) is 0.465. The summed E-state index contributed by atoms with van der Waals surface area (Å²) in [5.41, 5.74) is 0.472. The van der Waals surface area contributed by atoms with Crippen LogP contribution in [0.4, 0.5) is 0 Å². The summed E-state index contributed by atoms with van der Waals surface area (Å²) in [4.78, 5) is 23.2. The van der Waals surface area contributed by atoms with Crippen LogP contribution in [-0.4, -0.2) is 17.9 Å². The molecule has 0 heterocycles. The summed E-state index contributed by atoms with van der Waals surface area (Å²) in [7, 11) is 0. The van der Waals surface area contributed by atoms with E-state index in [0.717, 1.165) is 4.47 Å². The van der Waals surface area contributed by atoms with Gasteiger partial charge in [0.2, 0.25) is 0 Å². The largest absolute Gasteiger partial charge is 0.463 e. The van der Waals surface area contributed by atoms with Gasteiger partial charge >= 0.3 is 5.97 Å². The molecule has 5 heteroatoms. The van der Waals surface area contributed by atoms with E-state index >= 15 is 0 Å². The van der Waals surface area contributed by atoms with Crippen LogP contribution in [-0.2, 0) is 9.53 Å². The monoisotopic (exact) mass is 362 g/mol. The molecule has 1 aromatic rings. The zero-order valence-corrected chi connectivity index (χ0v) is 12.7. The molecule has 3 nitrogen and oxygen atoms in total. The SMILES string of the molecule is CC(C)OC(=O)CC(=O)c1cc(Br)ccc1Br. The second-order valence-corrected chi connectivity index (χ2v) is 5.53. The van der Waals surface area contributed by atoms with Gasteiger partial charge in [0.1, 0.15) is 6.42 Å². The lowest BCUT2D eigenvalue weighted by Gasteiger charge is -2.08. The third-order valence-electron chi connectivity index (χ3n) is 1.90. The fraction of sp³-hybridized carbons (Fsp3) is 0.333. The van der Waals surface area contributed by atoms with Gasteiger partial charge in [0, 0.05) is 14.5 Å². The third-order valence-corrected chi connectivity index (χ3v) is 3.09. The summed E-state index contributed by atoms with van der Waals surface area (Å²) >= 11 is 6.56.